The molecule has 0 radical (unpaired) electrons. The lowest BCUT2D eigenvalue weighted by molar-refractivity contribution is -0.384. The van der Waals surface area contributed by atoms with Crippen molar-refractivity contribution in [2.24, 2.45) is 5.92 Å². The molecule has 0 unspecified atom stereocenters. The third-order valence-corrected chi connectivity index (χ3v) is 3.29. The van der Waals surface area contributed by atoms with Gasteiger partial charge in [-0.15, -0.1) is 0 Å². The van der Waals surface area contributed by atoms with E-state index in [2.05, 4.69) is 5.32 Å². The Kier molecular flexibility index (Phi) is 6.43. The molecule has 0 atom stereocenters. The Hall–Kier alpha value is -1.66. The van der Waals surface area contributed by atoms with E-state index in [-0.39, 0.29) is 5.69 Å². The van der Waals surface area contributed by atoms with Gasteiger partial charge in [0.1, 0.15) is 12.4 Å². The van der Waals surface area contributed by atoms with Crippen LogP contribution < -0.4 is 10.1 Å². The van der Waals surface area contributed by atoms with Crippen molar-refractivity contribution < 1.29 is 14.4 Å². The maximum Gasteiger partial charge on any atom is 0.269 e. The van der Waals surface area contributed by atoms with E-state index in [9.17, 15) is 10.1 Å². The summed E-state index contributed by atoms with van der Waals surface area (Å²) >= 11 is 0. The van der Waals surface area contributed by atoms with Gasteiger partial charge in [0.2, 0.25) is 0 Å². The van der Waals surface area contributed by atoms with Crippen molar-refractivity contribution in [1.82, 2.24) is 5.32 Å². The number of rotatable bonds is 11. The van der Waals surface area contributed by atoms with E-state index >= 15 is 0 Å². The predicted molar refractivity (Wildman–Crippen MR) is 79.6 cm³/mol. The number of hydrogen-bond donors (Lipinski definition) is 1. The first-order valence-corrected chi connectivity index (χ1v) is 7.41. The summed E-state index contributed by atoms with van der Waals surface area (Å²) in [6.45, 7) is 3.94. The average Bonchev–Trinajstić information content (AvgIpc) is 3.30. The fraction of sp³-hybridized carbons (Fsp3) is 0.600. The van der Waals surface area contributed by atoms with Gasteiger partial charge in [0, 0.05) is 31.9 Å². The van der Waals surface area contributed by atoms with Gasteiger partial charge in [0.25, 0.3) is 5.69 Å². The van der Waals surface area contributed by atoms with Crippen LogP contribution in [-0.2, 0) is 4.74 Å². The smallest absolute Gasteiger partial charge is 0.269 e. The van der Waals surface area contributed by atoms with Gasteiger partial charge in [0.15, 0.2) is 0 Å². The SMILES string of the molecule is O=[N+]([O-])c1ccc(OCCNCCCOCC2CC2)cc1. The third kappa shape index (κ3) is 6.55. The van der Waals surface area contributed by atoms with Crippen molar-refractivity contribution in [3.05, 3.63) is 34.4 Å². The van der Waals surface area contributed by atoms with Crippen molar-refractivity contribution in [1.29, 1.82) is 0 Å². The minimum absolute atomic E-state index is 0.0756. The number of nitro groups is 1. The van der Waals surface area contributed by atoms with E-state index in [0.29, 0.717) is 12.4 Å². The van der Waals surface area contributed by atoms with Crippen LogP contribution in [0.4, 0.5) is 5.69 Å². The zero-order valence-electron chi connectivity index (χ0n) is 12.1. The third-order valence-electron chi connectivity index (χ3n) is 3.29. The second kappa shape index (κ2) is 8.59. The lowest BCUT2D eigenvalue weighted by Gasteiger charge is -2.07. The highest BCUT2D eigenvalue weighted by Crippen LogP contribution is 2.28. The van der Waals surface area contributed by atoms with Crippen molar-refractivity contribution in [3.63, 3.8) is 0 Å². The van der Waals surface area contributed by atoms with E-state index in [1.165, 1.54) is 25.0 Å². The molecular formula is C15H22N2O4. The van der Waals surface area contributed by atoms with Crippen LogP contribution in [0.25, 0.3) is 0 Å². The lowest BCUT2D eigenvalue weighted by Crippen LogP contribution is -2.23. The van der Waals surface area contributed by atoms with E-state index < -0.39 is 4.92 Å². The van der Waals surface area contributed by atoms with Gasteiger partial charge in [-0.2, -0.15) is 0 Å². The summed E-state index contributed by atoms with van der Waals surface area (Å²) in [5, 5.41) is 13.8. The number of benzene rings is 1. The Bertz CT molecular complexity index is 432. The van der Waals surface area contributed by atoms with E-state index in [1.807, 2.05) is 0 Å². The topological polar surface area (TPSA) is 73.6 Å². The highest BCUT2D eigenvalue weighted by molar-refractivity contribution is 5.35. The molecule has 0 aliphatic heterocycles. The van der Waals surface area contributed by atoms with Crippen LogP contribution in [0, 0.1) is 16.0 Å². The largest absolute Gasteiger partial charge is 0.492 e. The highest BCUT2D eigenvalue weighted by atomic mass is 16.6. The Morgan fingerprint density at radius 3 is 2.62 bits per heavy atom. The molecule has 6 heteroatoms. The zero-order chi connectivity index (χ0) is 14.9. The maximum atomic E-state index is 10.5. The molecule has 1 aliphatic rings. The van der Waals surface area contributed by atoms with Gasteiger partial charge >= 0.3 is 0 Å². The average molecular weight is 294 g/mol. The summed E-state index contributed by atoms with van der Waals surface area (Å²) in [6.07, 6.45) is 3.67. The van der Waals surface area contributed by atoms with Gasteiger partial charge in [-0.3, -0.25) is 10.1 Å². The molecule has 1 N–H and O–H groups in total. The molecule has 0 heterocycles. The molecule has 0 bridgehead atoms. The molecule has 0 aromatic heterocycles. The summed E-state index contributed by atoms with van der Waals surface area (Å²) in [4.78, 5) is 10.1. The highest BCUT2D eigenvalue weighted by Gasteiger charge is 2.20. The van der Waals surface area contributed by atoms with Crippen LogP contribution in [0.15, 0.2) is 24.3 Å². The molecule has 2 rings (SSSR count). The van der Waals surface area contributed by atoms with Crippen molar-refractivity contribution in [2.75, 3.05) is 32.9 Å². The summed E-state index contributed by atoms with van der Waals surface area (Å²) < 4.78 is 11.0. The molecule has 21 heavy (non-hydrogen) atoms. The Labute approximate surface area is 124 Å². The first kappa shape index (κ1) is 15.7. The van der Waals surface area contributed by atoms with Gasteiger partial charge in [0.05, 0.1) is 4.92 Å². The molecule has 0 spiro atoms. The second-order valence-electron chi connectivity index (χ2n) is 5.22. The zero-order valence-corrected chi connectivity index (χ0v) is 12.1. The summed E-state index contributed by atoms with van der Waals surface area (Å²) in [6, 6.07) is 6.12. The molecular weight excluding hydrogens is 272 g/mol. The number of nitro benzene ring substituents is 1. The standard InChI is InChI=1S/C15H22N2O4/c18-17(19)14-4-6-15(7-5-14)21-11-9-16-8-1-10-20-12-13-2-3-13/h4-7,13,16H,1-3,8-12H2. The Balaban J connectivity index is 1.44. The summed E-state index contributed by atoms with van der Waals surface area (Å²) in [5.74, 6) is 1.48. The summed E-state index contributed by atoms with van der Waals surface area (Å²) in [5.41, 5.74) is 0.0756. The van der Waals surface area contributed by atoms with Crippen LogP contribution in [0.3, 0.4) is 0 Å². The number of non-ortho nitro benzene ring substituents is 1. The fourth-order valence-corrected chi connectivity index (χ4v) is 1.86. The molecule has 1 aromatic carbocycles. The number of ether oxygens (including phenoxy) is 2. The maximum absolute atomic E-state index is 10.5. The lowest BCUT2D eigenvalue weighted by atomic mass is 10.3. The molecule has 0 saturated heterocycles. The quantitative estimate of drug-likeness (QED) is 0.385. The monoisotopic (exact) mass is 294 g/mol. The van der Waals surface area contributed by atoms with Crippen LogP contribution in [0.5, 0.6) is 5.75 Å². The van der Waals surface area contributed by atoms with Gasteiger partial charge in [-0.25, -0.2) is 0 Å². The summed E-state index contributed by atoms with van der Waals surface area (Å²) in [7, 11) is 0. The fourth-order valence-electron chi connectivity index (χ4n) is 1.86. The Morgan fingerprint density at radius 1 is 1.19 bits per heavy atom. The minimum atomic E-state index is -0.420. The van der Waals surface area contributed by atoms with E-state index in [1.54, 1.807) is 12.1 Å². The predicted octanol–water partition coefficient (Wildman–Crippen LogP) is 2.38. The second-order valence-corrected chi connectivity index (χ2v) is 5.22. The van der Waals surface area contributed by atoms with E-state index in [0.717, 1.165) is 38.6 Å². The van der Waals surface area contributed by atoms with Crippen molar-refractivity contribution in [2.45, 2.75) is 19.3 Å². The molecule has 6 nitrogen and oxygen atoms in total. The van der Waals surface area contributed by atoms with Crippen molar-refractivity contribution in [3.8, 4) is 5.75 Å². The molecule has 0 amide bonds. The normalized spacial score (nSPS) is 14.1. The number of hydrogen-bond acceptors (Lipinski definition) is 5. The van der Waals surface area contributed by atoms with Crippen LogP contribution in [0.1, 0.15) is 19.3 Å². The van der Waals surface area contributed by atoms with Crippen LogP contribution in [0.2, 0.25) is 0 Å². The molecule has 1 saturated carbocycles. The van der Waals surface area contributed by atoms with Gasteiger partial charge < -0.3 is 14.8 Å². The first-order chi connectivity index (χ1) is 10.3. The molecule has 1 aromatic rings. The Morgan fingerprint density at radius 2 is 1.95 bits per heavy atom. The van der Waals surface area contributed by atoms with Crippen molar-refractivity contribution >= 4 is 5.69 Å². The van der Waals surface area contributed by atoms with Gasteiger partial charge in [-0.05, 0) is 43.9 Å². The van der Waals surface area contributed by atoms with E-state index in [4.69, 9.17) is 9.47 Å². The van der Waals surface area contributed by atoms with Crippen LogP contribution in [-0.4, -0.2) is 37.8 Å². The molecule has 116 valence electrons. The molecule has 1 fully saturated rings. The number of nitrogens with one attached hydrogen (secondary N) is 1. The number of nitrogens with zero attached hydrogens (tertiary/aromatic N) is 1. The van der Waals surface area contributed by atoms with Gasteiger partial charge in [-0.1, -0.05) is 0 Å². The molecule has 1 aliphatic carbocycles. The minimum Gasteiger partial charge on any atom is -0.492 e. The first-order valence-electron chi connectivity index (χ1n) is 7.41. The van der Waals surface area contributed by atoms with Crippen LogP contribution >= 0.6 is 0 Å².